The smallest absolute Gasteiger partial charge is 0.252 e. The van der Waals surface area contributed by atoms with Crippen molar-refractivity contribution in [3.05, 3.63) is 58.1 Å². The third-order valence-electron chi connectivity index (χ3n) is 3.14. The molecule has 0 bridgehead atoms. The Kier molecular flexibility index (Phi) is 4.85. The lowest BCUT2D eigenvalue weighted by Crippen LogP contribution is -2.23. The lowest BCUT2D eigenvalue weighted by atomic mass is 10.1. The van der Waals surface area contributed by atoms with E-state index in [0.29, 0.717) is 17.8 Å². The van der Waals surface area contributed by atoms with Crippen LogP contribution in [0.5, 0.6) is 0 Å². The van der Waals surface area contributed by atoms with E-state index < -0.39 is 0 Å². The van der Waals surface area contributed by atoms with Crippen LogP contribution in [0.1, 0.15) is 15.9 Å². The zero-order chi connectivity index (χ0) is 15.4. The Balaban J connectivity index is 2.02. The van der Waals surface area contributed by atoms with Gasteiger partial charge in [-0.3, -0.25) is 4.79 Å². The summed E-state index contributed by atoms with van der Waals surface area (Å²) in [5.74, 6) is -0.147. The van der Waals surface area contributed by atoms with Gasteiger partial charge in [0.15, 0.2) is 0 Å². The van der Waals surface area contributed by atoms with E-state index in [1.807, 2.05) is 43.3 Å². The van der Waals surface area contributed by atoms with Gasteiger partial charge in [-0.15, -0.1) is 0 Å². The van der Waals surface area contributed by atoms with Gasteiger partial charge in [0.1, 0.15) is 0 Å². The second-order valence-electron chi connectivity index (χ2n) is 4.98. The maximum Gasteiger partial charge on any atom is 0.252 e. The number of benzene rings is 2. The van der Waals surface area contributed by atoms with Crippen LogP contribution in [0.25, 0.3) is 0 Å². The highest BCUT2D eigenvalue weighted by Crippen LogP contribution is 2.19. The van der Waals surface area contributed by atoms with Crippen LogP contribution in [-0.2, 0) is 6.54 Å². The molecule has 0 fully saturated rings. The monoisotopic (exact) mass is 347 g/mol. The Morgan fingerprint density at radius 2 is 1.86 bits per heavy atom. The molecule has 0 aromatic heterocycles. The maximum absolute atomic E-state index is 12.2. The maximum atomic E-state index is 12.2. The topological polar surface area (TPSA) is 58.4 Å². The number of nitrogens with two attached hydrogens (primary N) is 1. The van der Waals surface area contributed by atoms with Gasteiger partial charge in [-0.25, -0.2) is 0 Å². The summed E-state index contributed by atoms with van der Waals surface area (Å²) in [7, 11) is 3.99. The highest BCUT2D eigenvalue weighted by molar-refractivity contribution is 9.10. The van der Waals surface area contributed by atoms with E-state index in [1.165, 1.54) is 0 Å². The Hall–Kier alpha value is -2.01. The zero-order valence-electron chi connectivity index (χ0n) is 12.1. The van der Waals surface area contributed by atoms with Crippen LogP contribution >= 0.6 is 15.9 Å². The second kappa shape index (κ2) is 6.63. The largest absolute Gasteiger partial charge is 0.399 e. The molecule has 3 N–H and O–H groups in total. The number of rotatable bonds is 4. The molecule has 0 heterocycles. The Morgan fingerprint density at radius 1 is 1.19 bits per heavy atom. The quantitative estimate of drug-likeness (QED) is 0.835. The minimum atomic E-state index is -0.147. The molecule has 5 heteroatoms. The number of nitrogens with one attached hydrogen (secondary N) is 1. The molecular formula is C16H18BrN3O. The van der Waals surface area contributed by atoms with E-state index in [4.69, 9.17) is 5.73 Å². The standard InChI is InChI=1S/C16H18BrN3O/c1-20(2)13-6-3-11(4-7-13)10-19-16(21)14-9-12(18)5-8-15(14)17/h3-9H,10,18H2,1-2H3,(H,19,21). The van der Waals surface area contributed by atoms with Crippen LogP contribution in [-0.4, -0.2) is 20.0 Å². The first kappa shape index (κ1) is 15.4. The summed E-state index contributed by atoms with van der Waals surface area (Å²) in [6.07, 6.45) is 0. The first-order valence-corrected chi connectivity index (χ1v) is 7.36. The molecular weight excluding hydrogens is 330 g/mol. The van der Waals surface area contributed by atoms with Crippen molar-refractivity contribution in [1.82, 2.24) is 5.32 Å². The van der Waals surface area contributed by atoms with Crippen LogP contribution in [0.2, 0.25) is 0 Å². The van der Waals surface area contributed by atoms with Crippen LogP contribution in [0, 0.1) is 0 Å². The van der Waals surface area contributed by atoms with E-state index in [9.17, 15) is 4.79 Å². The van der Waals surface area contributed by atoms with E-state index in [2.05, 4.69) is 21.2 Å². The van der Waals surface area contributed by atoms with Gasteiger partial charge in [0.2, 0.25) is 0 Å². The van der Waals surface area contributed by atoms with Crippen molar-refractivity contribution in [3.63, 3.8) is 0 Å². The van der Waals surface area contributed by atoms with E-state index in [-0.39, 0.29) is 5.91 Å². The molecule has 110 valence electrons. The SMILES string of the molecule is CN(C)c1ccc(CNC(=O)c2cc(N)ccc2Br)cc1. The predicted molar refractivity (Wildman–Crippen MR) is 90.5 cm³/mol. The van der Waals surface area contributed by atoms with Gasteiger partial charge in [-0.1, -0.05) is 12.1 Å². The summed E-state index contributed by atoms with van der Waals surface area (Å²) in [6, 6.07) is 13.2. The average Bonchev–Trinajstić information content (AvgIpc) is 2.47. The Bertz CT molecular complexity index is 638. The number of hydrogen-bond acceptors (Lipinski definition) is 3. The molecule has 2 rings (SSSR count). The van der Waals surface area contributed by atoms with Gasteiger partial charge >= 0.3 is 0 Å². The molecule has 21 heavy (non-hydrogen) atoms. The van der Waals surface area contributed by atoms with Gasteiger partial charge in [-0.2, -0.15) is 0 Å². The van der Waals surface area contributed by atoms with Crippen molar-refractivity contribution in [2.75, 3.05) is 24.7 Å². The van der Waals surface area contributed by atoms with E-state index >= 15 is 0 Å². The number of halogens is 1. The third-order valence-corrected chi connectivity index (χ3v) is 3.83. The van der Waals surface area contributed by atoms with Crippen molar-refractivity contribution < 1.29 is 4.79 Å². The summed E-state index contributed by atoms with van der Waals surface area (Å²) < 4.78 is 0.733. The molecule has 0 radical (unpaired) electrons. The van der Waals surface area contributed by atoms with Crippen molar-refractivity contribution in [2.45, 2.75) is 6.54 Å². The fourth-order valence-electron chi connectivity index (χ4n) is 1.91. The Morgan fingerprint density at radius 3 is 2.48 bits per heavy atom. The average molecular weight is 348 g/mol. The fourth-order valence-corrected chi connectivity index (χ4v) is 2.33. The highest BCUT2D eigenvalue weighted by Gasteiger charge is 2.10. The first-order chi connectivity index (χ1) is 9.97. The molecule has 2 aromatic rings. The molecule has 0 atom stereocenters. The minimum Gasteiger partial charge on any atom is -0.399 e. The second-order valence-corrected chi connectivity index (χ2v) is 5.84. The number of anilines is 2. The van der Waals surface area contributed by atoms with Crippen molar-refractivity contribution in [1.29, 1.82) is 0 Å². The number of nitrogens with zero attached hydrogens (tertiary/aromatic N) is 1. The molecule has 0 unspecified atom stereocenters. The molecule has 0 aliphatic heterocycles. The van der Waals surface area contributed by atoms with Gasteiger partial charge in [0.25, 0.3) is 5.91 Å². The molecule has 0 saturated heterocycles. The van der Waals surface area contributed by atoms with Crippen LogP contribution in [0.4, 0.5) is 11.4 Å². The summed E-state index contributed by atoms with van der Waals surface area (Å²) >= 11 is 3.36. The zero-order valence-corrected chi connectivity index (χ0v) is 13.6. The highest BCUT2D eigenvalue weighted by atomic mass is 79.9. The van der Waals surface area contributed by atoms with Crippen LogP contribution in [0.3, 0.4) is 0 Å². The van der Waals surface area contributed by atoms with E-state index in [0.717, 1.165) is 15.7 Å². The number of amides is 1. The minimum absolute atomic E-state index is 0.147. The number of carbonyl (C=O) groups is 1. The molecule has 0 spiro atoms. The summed E-state index contributed by atoms with van der Waals surface area (Å²) in [5, 5.41) is 2.89. The Labute approximate surface area is 133 Å². The van der Waals surface area contributed by atoms with Crippen LogP contribution < -0.4 is 16.0 Å². The molecule has 0 aliphatic rings. The fraction of sp³-hybridized carbons (Fsp3) is 0.188. The van der Waals surface area contributed by atoms with Crippen molar-refractivity contribution >= 4 is 33.2 Å². The normalized spacial score (nSPS) is 10.2. The van der Waals surface area contributed by atoms with Gasteiger partial charge in [-0.05, 0) is 51.8 Å². The third kappa shape index (κ3) is 3.98. The van der Waals surface area contributed by atoms with Gasteiger partial charge in [0.05, 0.1) is 5.56 Å². The van der Waals surface area contributed by atoms with Crippen molar-refractivity contribution in [3.8, 4) is 0 Å². The van der Waals surface area contributed by atoms with Crippen molar-refractivity contribution in [2.24, 2.45) is 0 Å². The number of carbonyl (C=O) groups excluding carboxylic acids is 1. The van der Waals surface area contributed by atoms with Gasteiger partial charge < -0.3 is 16.0 Å². The van der Waals surface area contributed by atoms with Gasteiger partial charge in [0, 0.05) is 36.5 Å². The van der Waals surface area contributed by atoms with E-state index in [1.54, 1.807) is 18.2 Å². The molecule has 2 aromatic carbocycles. The van der Waals surface area contributed by atoms with Crippen LogP contribution in [0.15, 0.2) is 46.9 Å². The summed E-state index contributed by atoms with van der Waals surface area (Å²) in [6.45, 7) is 0.480. The summed E-state index contributed by atoms with van der Waals surface area (Å²) in [4.78, 5) is 14.2. The lowest BCUT2D eigenvalue weighted by Gasteiger charge is -2.13. The molecule has 0 saturated carbocycles. The molecule has 1 amide bonds. The number of hydrogen-bond donors (Lipinski definition) is 2. The first-order valence-electron chi connectivity index (χ1n) is 6.57. The lowest BCUT2D eigenvalue weighted by molar-refractivity contribution is 0.0950. The molecule has 4 nitrogen and oxygen atoms in total. The molecule has 0 aliphatic carbocycles. The predicted octanol–water partition coefficient (Wildman–Crippen LogP) is 3.03. The summed E-state index contributed by atoms with van der Waals surface area (Å²) in [5.41, 5.74) is 9.00. The number of nitrogen functional groups attached to an aromatic ring is 1.